The largest absolute Gasteiger partial charge is 0.381 e. The summed E-state index contributed by atoms with van der Waals surface area (Å²) in [6.07, 6.45) is 4.05. The fraction of sp³-hybridized carbons (Fsp3) is 0.483. The molecule has 0 atom stereocenters. The van der Waals surface area contributed by atoms with Gasteiger partial charge < -0.3 is 18.7 Å². The summed E-state index contributed by atoms with van der Waals surface area (Å²) in [4.78, 5) is 19.3. The van der Waals surface area contributed by atoms with Crippen LogP contribution in [0.3, 0.4) is 0 Å². The van der Waals surface area contributed by atoms with Gasteiger partial charge in [-0.15, -0.1) is 0 Å². The van der Waals surface area contributed by atoms with Gasteiger partial charge in [0.2, 0.25) is 5.91 Å². The number of hydrogen-bond donors (Lipinski definition) is 0. The van der Waals surface area contributed by atoms with E-state index in [2.05, 4.69) is 14.7 Å². The molecular weight excluding hydrogens is 523 g/mol. The van der Waals surface area contributed by atoms with Crippen molar-refractivity contribution in [1.82, 2.24) is 10.1 Å². The van der Waals surface area contributed by atoms with Gasteiger partial charge in [0, 0.05) is 50.0 Å². The predicted octanol–water partition coefficient (Wildman–Crippen LogP) is 6.27. The van der Waals surface area contributed by atoms with Crippen LogP contribution in [-0.2, 0) is 26.4 Å². The first-order valence-corrected chi connectivity index (χ1v) is 16.0. The van der Waals surface area contributed by atoms with E-state index in [1.807, 2.05) is 53.4 Å². The summed E-state index contributed by atoms with van der Waals surface area (Å²) in [7, 11) is -2.34. The van der Waals surface area contributed by atoms with Crippen LogP contribution in [0.4, 0.5) is 14.5 Å². The lowest BCUT2D eigenvalue weighted by Crippen LogP contribution is -2.39. The van der Waals surface area contributed by atoms with Crippen LogP contribution in [0.1, 0.15) is 50.7 Å². The maximum absolute atomic E-state index is 13.6. The highest BCUT2D eigenvalue weighted by atomic mass is 31.2. The van der Waals surface area contributed by atoms with E-state index in [1.54, 1.807) is 13.3 Å². The van der Waals surface area contributed by atoms with E-state index in [-0.39, 0.29) is 17.6 Å². The molecule has 1 amide bonds. The summed E-state index contributed by atoms with van der Waals surface area (Å²) in [6, 6.07) is 15.7. The molecule has 3 aromatic rings. The molecular formula is C29H36F2N3O4P. The highest BCUT2D eigenvalue weighted by molar-refractivity contribution is 7.70. The second-order valence-corrected chi connectivity index (χ2v) is 13.8. The number of hydrogen-bond acceptors (Lipinski definition) is 6. The number of unbranched alkanes of at least 4 members (excludes halogenated alkanes) is 2. The standard InChI is InChI=1S/C29H36F2N3O4P/c1-29(30,31)28-32-26(33-38-28)10-5-4-6-17-34(27(35)22-15-18-37-19-16-22)24-9-7-8-23(20-24)21-11-13-25(14-12-21)39(2,3)36/h7-9,11-14,20,22H,4-6,10,15-19H2,1-3H3. The highest BCUT2D eigenvalue weighted by Crippen LogP contribution is 2.35. The Balaban J connectivity index is 1.45. The third-order valence-corrected chi connectivity index (χ3v) is 8.48. The third-order valence-electron chi connectivity index (χ3n) is 6.94. The first-order valence-electron chi connectivity index (χ1n) is 13.4. The number of anilines is 1. The summed E-state index contributed by atoms with van der Waals surface area (Å²) in [6.45, 7) is 5.94. The number of nitrogens with zero attached hydrogens (tertiary/aromatic N) is 3. The Hall–Kier alpha value is -2.90. The number of rotatable bonds is 11. The highest BCUT2D eigenvalue weighted by Gasteiger charge is 2.32. The van der Waals surface area contributed by atoms with Crippen molar-refractivity contribution in [1.29, 1.82) is 0 Å². The Morgan fingerprint density at radius 2 is 1.77 bits per heavy atom. The molecule has 1 fully saturated rings. The van der Waals surface area contributed by atoms with E-state index in [1.165, 1.54) is 0 Å². The van der Waals surface area contributed by atoms with Gasteiger partial charge in [-0.25, -0.2) is 0 Å². The molecule has 210 valence electrons. The average Bonchev–Trinajstić information content (AvgIpc) is 3.40. The zero-order valence-electron chi connectivity index (χ0n) is 22.7. The lowest BCUT2D eigenvalue weighted by molar-refractivity contribution is -0.125. The number of benzene rings is 2. The molecule has 0 bridgehead atoms. The Kier molecular flexibility index (Phi) is 9.34. The lowest BCUT2D eigenvalue weighted by Gasteiger charge is -2.30. The molecule has 39 heavy (non-hydrogen) atoms. The molecule has 0 spiro atoms. The van der Waals surface area contributed by atoms with Gasteiger partial charge in [0.25, 0.3) is 5.89 Å². The van der Waals surface area contributed by atoms with Crippen molar-refractivity contribution < 1.29 is 27.4 Å². The van der Waals surface area contributed by atoms with Crippen LogP contribution >= 0.6 is 7.14 Å². The van der Waals surface area contributed by atoms with E-state index in [9.17, 15) is 18.1 Å². The predicted molar refractivity (Wildman–Crippen MR) is 148 cm³/mol. The van der Waals surface area contributed by atoms with Crippen LogP contribution in [0.25, 0.3) is 11.1 Å². The topological polar surface area (TPSA) is 85.5 Å². The van der Waals surface area contributed by atoms with Crippen molar-refractivity contribution in [3.8, 4) is 11.1 Å². The fourth-order valence-corrected chi connectivity index (χ4v) is 5.53. The minimum atomic E-state index is -3.15. The van der Waals surface area contributed by atoms with Gasteiger partial charge in [0.15, 0.2) is 5.82 Å². The van der Waals surface area contributed by atoms with Crippen molar-refractivity contribution in [3.63, 3.8) is 0 Å². The first-order chi connectivity index (χ1) is 18.5. The molecule has 1 aliphatic rings. The zero-order chi connectivity index (χ0) is 28.0. The normalized spacial score (nSPS) is 14.9. The molecule has 0 N–H and O–H groups in total. The maximum atomic E-state index is 13.6. The minimum Gasteiger partial charge on any atom is -0.381 e. The van der Waals surface area contributed by atoms with E-state index < -0.39 is 19.0 Å². The number of aromatic nitrogens is 2. The van der Waals surface area contributed by atoms with Crippen LogP contribution < -0.4 is 10.2 Å². The first kappa shape index (κ1) is 29.1. The maximum Gasteiger partial charge on any atom is 0.322 e. The van der Waals surface area contributed by atoms with Crippen molar-refractivity contribution >= 4 is 24.0 Å². The van der Waals surface area contributed by atoms with Gasteiger partial charge in [-0.2, -0.15) is 13.8 Å². The smallest absolute Gasteiger partial charge is 0.322 e. The van der Waals surface area contributed by atoms with Gasteiger partial charge >= 0.3 is 5.92 Å². The summed E-state index contributed by atoms with van der Waals surface area (Å²) >= 11 is 0. The van der Waals surface area contributed by atoms with Gasteiger partial charge in [-0.1, -0.05) is 48.0 Å². The molecule has 1 aliphatic heterocycles. The number of alkyl halides is 2. The minimum absolute atomic E-state index is 0.0848. The van der Waals surface area contributed by atoms with Gasteiger partial charge in [0.1, 0.15) is 7.14 Å². The van der Waals surface area contributed by atoms with E-state index >= 15 is 0 Å². The Labute approximate surface area is 228 Å². The second-order valence-electron chi connectivity index (χ2n) is 10.5. The molecule has 10 heteroatoms. The van der Waals surface area contributed by atoms with E-state index in [0.717, 1.165) is 41.9 Å². The Morgan fingerprint density at radius 3 is 2.41 bits per heavy atom. The summed E-state index contributed by atoms with van der Waals surface area (Å²) < 4.78 is 49.2. The molecule has 0 unspecified atom stereocenters. The van der Waals surface area contributed by atoms with Crippen LogP contribution in [0, 0.1) is 5.92 Å². The van der Waals surface area contributed by atoms with Crippen LogP contribution in [0.2, 0.25) is 0 Å². The number of ether oxygens (including phenoxy) is 1. The van der Waals surface area contributed by atoms with E-state index in [4.69, 9.17) is 4.74 Å². The molecule has 0 radical (unpaired) electrons. The fourth-order valence-electron chi connectivity index (χ4n) is 4.66. The van der Waals surface area contributed by atoms with Crippen molar-refractivity contribution in [3.05, 3.63) is 60.2 Å². The molecule has 0 saturated carbocycles. The summed E-state index contributed by atoms with van der Waals surface area (Å²) in [5.41, 5.74) is 2.80. The van der Waals surface area contributed by atoms with Crippen LogP contribution in [0.15, 0.2) is 53.1 Å². The van der Waals surface area contributed by atoms with Gasteiger partial charge in [0.05, 0.1) is 0 Å². The molecule has 4 rings (SSSR count). The Bertz CT molecular complexity index is 1290. The molecule has 1 aromatic heterocycles. The second kappa shape index (κ2) is 12.5. The van der Waals surface area contributed by atoms with Crippen LogP contribution in [-0.4, -0.2) is 49.1 Å². The quantitative estimate of drug-likeness (QED) is 0.203. The number of aryl methyl sites for hydroxylation is 1. The molecule has 2 aromatic carbocycles. The third kappa shape index (κ3) is 7.83. The van der Waals surface area contributed by atoms with Crippen molar-refractivity contribution in [2.45, 2.75) is 51.4 Å². The van der Waals surface area contributed by atoms with Crippen LogP contribution in [0.5, 0.6) is 0 Å². The number of amides is 1. The number of carbonyl (C=O) groups is 1. The van der Waals surface area contributed by atoms with Crippen molar-refractivity contribution in [2.75, 3.05) is 38.0 Å². The monoisotopic (exact) mass is 559 g/mol. The van der Waals surface area contributed by atoms with E-state index in [0.29, 0.717) is 45.4 Å². The van der Waals surface area contributed by atoms with Gasteiger partial charge in [-0.3, -0.25) is 4.79 Å². The SMILES string of the molecule is CC(F)(F)c1nc(CCCCCN(C(=O)C2CCOCC2)c2cccc(-c3ccc(P(C)(C)=O)cc3)c2)no1. The number of carbonyl (C=O) groups excluding carboxylic acids is 1. The molecule has 1 saturated heterocycles. The molecule has 2 heterocycles. The molecule has 7 nitrogen and oxygen atoms in total. The summed E-state index contributed by atoms with van der Waals surface area (Å²) in [5, 5.41) is 4.48. The van der Waals surface area contributed by atoms with Gasteiger partial charge in [-0.05, 0) is 62.3 Å². The summed E-state index contributed by atoms with van der Waals surface area (Å²) in [5.74, 6) is -3.54. The van der Waals surface area contributed by atoms with Crippen molar-refractivity contribution in [2.24, 2.45) is 5.92 Å². The zero-order valence-corrected chi connectivity index (χ0v) is 23.6. The number of halogens is 2. The molecule has 0 aliphatic carbocycles. The Morgan fingerprint density at radius 1 is 1.05 bits per heavy atom. The lowest BCUT2D eigenvalue weighted by atomic mass is 9.97. The average molecular weight is 560 g/mol.